The van der Waals surface area contributed by atoms with Crippen LogP contribution in [-0.4, -0.2) is 40.9 Å². The third kappa shape index (κ3) is 1.61. The molecule has 0 unspecified atom stereocenters. The Morgan fingerprint density at radius 3 is 2.43 bits per heavy atom. The van der Waals surface area contributed by atoms with E-state index in [-0.39, 0.29) is 24.5 Å². The van der Waals surface area contributed by atoms with Crippen LogP contribution in [0.4, 0.5) is 4.79 Å². The molecule has 0 aromatic rings. The van der Waals surface area contributed by atoms with Crippen molar-refractivity contribution in [1.82, 2.24) is 9.80 Å². The van der Waals surface area contributed by atoms with Crippen molar-refractivity contribution in [1.29, 1.82) is 0 Å². The van der Waals surface area contributed by atoms with E-state index in [1.54, 1.807) is 4.90 Å². The van der Waals surface area contributed by atoms with Crippen molar-refractivity contribution >= 4 is 11.9 Å². The van der Waals surface area contributed by atoms with Gasteiger partial charge in [-0.3, -0.25) is 9.69 Å². The predicted octanol–water partition coefficient (Wildman–Crippen LogP) is 1.07. The maximum Gasteiger partial charge on any atom is 0.327 e. The normalized spacial score (nSPS) is 22.8. The maximum atomic E-state index is 11.8. The average molecular weight is 196 g/mol. The first-order chi connectivity index (χ1) is 6.59. The molecule has 2 aliphatic rings. The molecule has 1 aliphatic carbocycles. The number of hydrogen-bond acceptors (Lipinski definition) is 2. The van der Waals surface area contributed by atoms with Gasteiger partial charge in [0.15, 0.2) is 0 Å². The molecule has 3 amide bonds. The van der Waals surface area contributed by atoms with Gasteiger partial charge < -0.3 is 4.90 Å². The molecule has 0 spiro atoms. The van der Waals surface area contributed by atoms with E-state index in [1.807, 2.05) is 13.8 Å². The van der Waals surface area contributed by atoms with Gasteiger partial charge in [-0.2, -0.15) is 0 Å². The summed E-state index contributed by atoms with van der Waals surface area (Å²) in [6, 6.07) is -0.115. The summed E-state index contributed by atoms with van der Waals surface area (Å²) in [5.74, 6) is 0.601. The average Bonchev–Trinajstić information content (AvgIpc) is 2.81. The third-order valence-corrected chi connectivity index (χ3v) is 2.76. The van der Waals surface area contributed by atoms with E-state index >= 15 is 0 Å². The lowest BCUT2D eigenvalue weighted by Crippen LogP contribution is -2.38. The van der Waals surface area contributed by atoms with Crippen LogP contribution in [-0.2, 0) is 4.79 Å². The number of rotatable bonds is 3. The molecule has 4 heteroatoms. The van der Waals surface area contributed by atoms with Crippen LogP contribution < -0.4 is 0 Å². The number of amides is 3. The van der Waals surface area contributed by atoms with Gasteiger partial charge in [-0.1, -0.05) is 0 Å². The van der Waals surface area contributed by atoms with Crippen molar-refractivity contribution in [2.75, 3.05) is 13.1 Å². The monoisotopic (exact) mass is 196 g/mol. The lowest BCUT2D eigenvalue weighted by molar-refractivity contribution is -0.126. The zero-order valence-electron chi connectivity index (χ0n) is 8.69. The highest BCUT2D eigenvalue weighted by Crippen LogP contribution is 2.31. The fraction of sp³-hybridized carbons (Fsp3) is 0.800. The minimum absolute atomic E-state index is 0.0146. The van der Waals surface area contributed by atoms with E-state index in [0.717, 1.165) is 6.54 Å². The van der Waals surface area contributed by atoms with Crippen LogP contribution in [0.25, 0.3) is 0 Å². The van der Waals surface area contributed by atoms with Crippen molar-refractivity contribution in [2.45, 2.75) is 32.7 Å². The van der Waals surface area contributed by atoms with Gasteiger partial charge in [-0.15, -0.1) is 0 Å². The maximum absolute atomic E-state index is 11.8. The second-order valence-corrected chi connectivity index (χ2v) is 4.46. The molecule has 78 valence electrons. The highest BCUT2D eigenvalue weighted by atomic mass is 16.2. The van der Waals surface area contributed by atoms with Crippen molar-refractivity contribution in [3.8, 4) is 0 Å². The van der Waals surface area contributed by atoms with Crippen LogP contribution in [0.15, 0.2) is 0 Å². The van der Waals surface area contributed by atoms with Crippen LogP contribution in [0.1, 0.15) is 26.7 Å². The smallest absolute Gasteiger partial charge is 0.315 e. The zero-order chi connectivity index (χ0) is 10.3. The SMILES string of the molecule is CC(C)N1C(=O)CN(CC2CC2)C1=O. The Morgan fingerprint density at radius 1 is 1.36 bits per heavy atom. The third-order valence-electron chi connectivity index (χ3n) is 2.76. The minimum atomic E-state index is -0.100. The van der Waals surface area contributed by atoms with Crippen molar-refractivity contribution in [2.24, 2.45) is 5.92 Å². The molecule has 2 rings (SSSR count). The molecule has 1 saturated carbocycles. The molecule has 0 atom stereocenters. The lowest BCUT2D eigenvalue weighted by atomic mass is 10.3. The van der Waals surface area contributed by atoms with Gasteiger partial charge in [0.2, 0.25) is 0 Å². The molecule has 2 fully saturated rings. The zero-order valence-corrected chi connectivity index (χ0v) is 8.69. The van der Waals surface area contributed by atoms with Crippen molar-refractivity contribution in [3.63, 3.8) is 0 Å². The van der Waals surface area contributed by atoms with Gasteiger partial charge in [0.1, 0.15) is 6.54 Å². The summed E-state index contributed by atoms with van der Waals surface area (Å²) in [7, 11) is 0. The molecular formula is C10H16N2O2. The molecule has 0 bridgehead atoms. The predicted molar refractivity (Wildman–Crippen MR) is 51.7 cm³/mol. The molecule has 1 heterocycles. The highest BCUT2D eigenvalue weighted by molar-refractivity contribution is 6.02. The number of carbonyl (C=O) groups is 2. The van der Waals surface area contributed by atoms with Gasteiger partial charge in [0, 0.05) is 12.6 Å². The van der Waals surface area contributed by atoms with Crippen LogP contribution in [0.5, 0.6) is 0 Å². The molecule has 0 N–H and O–H groups in total. The first-order valence-corrected chi connectivity index (χ1v) is 5.20. The first-order valence-electron chi connectivity index (χ1n) is 5.20. The standard InChI is InChI=1S/C10H16N2O2/c1-7(2)12-9(13)6-11(10(12)14)5-8-3-4-8/h7-8H,3-6H2,1-2H3. The Bertz CT molecular complexity index is 271. The molecule has 4 nitrogen and oxygen atoms in total. The number of carbonyl (C=O) groups excluding carboxylic acids is 2. The summed E-state index contributed by atoms with van der Waals surface area (Å²) in [5.41, 5.74) is 0. The Hall–Kier alpha value is -1.06. The van der Waals surface area contributed by atoms with Gasteiger partial charge in [0.25, 0.3) is 5.91 Å². The van der Waals surface area contributed by atoms with Gasteiger partial charge in [0.05, 0.1) is 0 Å². The summed E-state index contributed by atoms with van der Waals surface area (Å²) >= 11 is 0. The lowest BCUT2D eigenvalue weighted by Gasteiger charge is -2.19. The number of hydrogen-bond donors (Lipinski definition) is 0. The van der Waals surface area contributed by atoms with Gasteiger partial charge in [-0.25, -0.2) is 4.79 Å². The summed E-state index contributed by atoms with van der Waals surface area (Å²) < 4.78 is 0. The summed E-state index contributed by atoms with van der Waals surface area (Å²) in [4.78, 5) is 26.3. The van der Waals surface area contributed by atoms with Gasteiger partial charge >= 0.3 is 6.03 Å². The Labute approximate surface area is 83.9 Å². The van der Waals surface area contributed by atoms with E-state index in [9.17, 15) is 9.59 Å². The molecular weight excluding hydrogens is 180 g/mol. The Morgan fingerprint density at radius 2 is 2.00 bits per heavy atom. The van der Waals surface area contributed by atoms with Gasteiger partial charge in [-0.05, 0) is 32.6 Å². The molecule has 0 aromatic heterocycles. The minimum Gasteiger partial charge on any atom is -0.315 e. The van der Waals surface area contributed by atoms with E-state index < -0.39 is 0 Å². The highest BCUT2D eigenvalue weighted by Gasteiger charge is 2.39. The van der Waals surface area contributed by atoms with Crippen LogP contribution in [0, 0.1) is 5.92 Å². The van der Waals surface area contributed by atoms with Crippen molar-refractivity contribution in [3.05, 3.63) is 0 Å². The summed E-state index contributed by atoms with van der Waals surface area (Å²) in [5, 5.41) is 0. The molecule has 0 radical (unpaired) electrons. The summed E-state index contributed by atoms with van der Waals surface area (Å²) in [6.45, 7) is 4.80. The Balaban J connectivity index is 2.02. The van der Waals surface area contributed by atoms with Crippen LogP contribution in [0.3, 0.4) is 0 Å². The summed E-state index contributed by atoms with van der Waals surface area (Å²) in [6.07, 6.45) is 2.42. The van der Waals surface area contributed by atoms with Crippen molar-refractivity contribution < 1.29 is 9.59 Å². The van der Waals surface area contributed by atoms with Crippen LogP contribution in [0.2, 0.25) is 0 Å². The largest absolute Gasteiger partial charge is 0.327 e. The number of urea groups is 1. The topological polar surface area (TPSA) is 40.6 Å². The first kappa shape index (κ1) is 9.49. The Kier molecular flexibility index (Phi) is 2.21. The fourth-order valence-corrected chi connectivity index (χ4v) is 1.83. The van der Waals surface area contributed by atoms with E-state index in [2.05, 4.69) is 0 Å². The quantitative estimate of drug-likeness (QED) is 0.633. The number of imide groups is 1. The van der Waals surface area contributed by atoms with Crippen LogP contribution >= 0.6 is 0 Å². The molecule has 1 saturated heterocycles. The molecule has 14 heavy (non-hydrogen) atoms. The number of nitrogens with zero attached hydrogens (tertiary/aromatic N) is 2. The molecule has 0 aromatic carbocycles. The second kappa shape index (κ2) is 3.26. The second-order valence-electron chi connectivity index (χ2n) is 4.46. The fourth-order valence-electron chi connectivity index (χ4n) is 1.83. The van der Waals surface area contributed by atoms with E-state index in [0.29, 0.717) is 5.92 Å². The van der Waals surface area contributed by atoms with E-state index in [4.69, 9.17) is 0 Å². The molecule has 1 aliphatic heterocycles. The van der Waals surface area contributed by atoms with E-state index in [1.165, 1.54) is 17.7 Å².